The Labute approximate surface area is 134 Å². The Morgan fingerprint density at radius 1 is 1.48 bits per heavy atom. The van der Waals surface area contributed by atoms with Crippen LogP contribution in [-0.2, 0) is 0 Å². The first-order valence-electron chi connectivity index (χ1n) is 7.58. The van der Waals surface area contributed by atoms with Crippen LogP contribution in [0.5, 0.6) is 5.75 Å². The maximum atomic E-state index is 12.6. The van der Waals surface area contributed by atoms with Crippen LogP contribution < -0.4 is 4.74 Å². The van der Waals surface area contributed by atoms with E-state index in [4.69, 9.17) is 11.2 Å². The van der Waals surface area contributed by atoms with Gasteiger partial charge in [-0.3, -0.25) is 14.9 Å². The number of nitro groups is 1. The molecule has 120 valence electrons. The number of likely N-dealkylation sites (tertiary alicyclic amines) is 1. The highest BCUT2D eigenvalue weighted by molar-refractivity contribution is 5.95. The van der Waals surface area contributed by atoms with E-state index in [1.165, 1.54) is 25.3 Å². The third-order valence-corrected chi connectivity index (χ3v) is 5.06. The van der Waals surface area contributed by atoms with Crippen LogP contribution in [0.4, 0.5) is 5.69 Å². The highest BCUT2D eigenvalue weighted by Crippen LogP contribution is 2.58. The topological polar surface area (TPSA) is 72.7 Å². The van der Waals surface area contributed by atoms with Crippen molar-refractivity contribution in [2.75, 3.05) is 20.2 Å². The van der Waals surface area contributed by atoms with Crippen LogP contribution in [0.1, 0.15) is 29.6 Å². The minimum Gasteiger partial charge on any atom is -0.490 e. The normalized spacial score (nSPS) is 21.6. The maximum absolute atomic E-state index is 12.6. The van der Waals surface area contributed by atoms with Crippen LogP contribution in [0.25, 0.3) is 0 Å². The first-order chi connectivity index (χ1) is 11.0. The van der Waals surface area contributed by atoms with Crippen LogP contribution in [-0.4, -0.2) is 35.9 Å². The summed E-state index contributed by atoms with van der Waals surface area (Å²) in [6.07, 6.45) is 8.42. The fraction of sp³-hybridized carbons (Fsp3) is 0.471. The SMILES string of the molecule is C#C[C@H]1CC12CCN(C(=O)c1ccc([N+](=O)[O-])c(OC)c1)CC2. The third-order valence-electron chi connectivity index (χ3n) is 5.06. The van der Waals surface area contributed by atoms with E-state index in [1.807, 2.05) is 0 Å². The highest BCUT2D eigenvalue weighted by Gasteiger charge is 2.54. The number of nitro benzene ring substituents is 1. The summed E-state index contributed by atoms with van der Waals surface area (Å²) in [5.41, 5.74) is 0.516. The third kappa shape index (κ3) is 2.63. The number of hydrogen-bond donors (Lipinski definition) is 0. The molecule has 1 aromatic carbocycles. The van der Waals surface area contributed by atoms with Crippen molar-refractivity contribution >= 4 is 11.6 Å². The number of ether oxygens (including phenoxy) is 1. The molecule has 3 rings (SSSR count). The quantitative estimate of drug-likeness (QED) is 0.488. The predicted octanol–water partition coefficient (Wildman–Crippen LogP) is 2.48. The van der Waals surface area contributed by atoms with E-state index in [1.54, 1.807) is 4.90 Å². The van der Waals surface area contributed by atoms with Gasteiger partial charge in [0.1, 0.15) is 0 Å². The summed E-state index contributed by atoms with van der Waals surface area (Å²) < 4.78 is 5.02. The van der Waals surface area contributed by atoms with E-state index in [0.29, 0.717) is 24.6 Å². The van der Waals surface area contributed by atoms with Gasteiger partial charge in [-0.2, -0.15) is 0 Å². The number of hydrogen-bond acceptors (Lipinski definition) is 4. The molecule has 0 N–H and O–H groups in total. The number of piperidine rings is 1. The van der Waals surface area contributed by atoms with E-state index in [-0.39, 0.29) is 22.8 Å². The molecule has 2 fully saturated rings. The number of nitrogens with zero attached hydrogens (tertiary/aromatic N) is 2. The van der Waals surface area contributed by atoms with Crippen molar-refractivity contribution in [3.8, 4) is 18.1 Å². The lowest BCUT2D eigenvalue weighted by molar-refractivity contribution is -0.385. The molecule has 23 heavy (non-hydrogen) atoms. The standard InChI is InChI=1S/C17H18N2O4/c1-3-13-11-17(13)6-8-18(9-7-17)16(20)12-4-5-14(19(21)22)15(10-12)23-2/h1,4-5,10,13H,6-9,11H2,2H3/t13-/m0/s1. The Morgan fingerprint density at radius 2 is 2.17 bits per heavy atom. The lowest BCUT2D eigenvalue weighted by Gasteiger charge is -2.32. The Bertz CT molecular complexity index is 699. The first kappa shape index (κ1) is 15.3. The largest absolute Gasteiger partial charge is 0.490 e. The Kier molecular flexibility index (Phi) is 3.72. The summed E-state index contributed by atoms with van der Waals surface area (Å²) in [4.78, 5) is 24.8. The molecule has 1 saturated heterocycles. The van der Waals surface area contributed by atoms with Crippen molar-refractivity contribution in [1.82, 2.24) is 4.90 Å². The predicted molar refractivity (Wildman–Crippen MR) is 84.2 cm³/mol. The summed E-state index contributed by atoms with van der Waals surface area (Å²) in [6, 6.07) is 4.23. The van der Waals surface area contributed by atoms with Gasteiger partial charge in [-0.15, -0.1) is 12.3 Å². The van der Waals surface area contributed by atoms with Crippen molar-refractivity contribution in [3.05, 3.63) is 33.9 Å². The molecule has 0 bridgehead atoms. The van der Waals surface area contributed by atoms with Crippen molar-refractivity contribution < 1.29 is 14.5 Å². The van der Waals surface area contributed by atoms with Crippen molar-refractivity contribution in [2.45, 2.75) is 19.3 Å². The molecule has 6 nitrogen and oxygen atoms in total. The molecule has 0 unspecified atom stereocenters. The molecule has 1 aromatic rings. The van der Waals surface area contributed by atoms with Gasteiger partial charge < -0.3 is 9.64 Å². The first-order valence-corrected chi connectivity index (χ1v) is 7.58. The van der Waals surface area contributed by atoms with Crippen LogP contribution >= 0.6 is 0 Å². The van der Waals surface area contributed by atoms with Crippen LogP contribution in [0, 0.1) is 33.8 Å². The molecular formula is C17H18N2O4. The minimum atomic E-state index is -0.523. The second-order valence-corrected chi connectivity index (χ2v) is 6.22. The van der Waals surface area contributed by atoms with Gasteiger partial charge in [-0.1, -0.05) is 0 Å². The second kappa shape index (κ2) is 5.58. The molecule has 2 aliphatic rings. The lowest BCUT2D eigenvalue weighted by atomic mass is 9.90. The zero-order chi connectivity index (χ0) is 16.6. The Hall–Kier alpha value is -2.55. The number of amides is 1. The number of methoxy groups -OCH3 is 1. The molecule has 0 radical (unpaired) electrons. The zero-order valence-electron chi connectivity index (χ0n) is 12.9. The lowest BCUT2D eigenvalue weighted by Crippen LogP contribution is -2.39. The van der Waals surface area contributed by atoms with E-state index >= 15 is 0 Å². The molecule has 1 aliphatic carbocycles. The summed E-state index contributed by atoms with van der Waals surface area (Å²) in [5.74, 6) is 3.17. The molecule has 1 spiro atoms. The van der Waals surface area contributed by atoms with E-state index in [9.17, 15) is 14.9 Å². The average Bonchev–Trinajstić information content (AvgIpc) is 3.26. The number of carbonyl (C=O) groups is 1. The van der Waals surface area contributed by atoms with Gasteiger partial charge in [0.2, 0.25) is 0 Å². The molecule has 1 atom stereocenters. The number of carbonyl (C=O) groups excluding carboxylic acids is 1. The molecule has 1 amide bonds. The van der Waals surface area contributed by atoms with Crippen LogP contribution in [0.15, 0.2) is 18.2 Å². The fourth-order valence-corrected chi connectivity index (χ4v) is 3.44. The van der Waals surface area contributed by atoms with Crippen molar-refractivity contribution in [3.63, 3.8) is 0 Å². The van der Waals surface area contributed by atoms with Crippen molar-refractivity contribution in [1.29, 1.82) is 0 Å². The molecule has 1 saturated carbocycles. The van der Waals surface area contributed by atoms with Gasteiger partial charge in [0, 0.05) is 36.7 Å². The fourth-order valence-electron chi connectivity index (χ4n) is 3.44. The molecule has 0 aromatic heterocycles. The average molecular weight is 314 g/mol. The Morgan fingerprint density at radius 3 is 2.70 bits per heavy atom. The Balaban J connectivity index is 1.72. The molecule has 1 aliphatic heterocycles. The summed E-state index contributed by atoms with van der Waals surface area (Å²) in [7, 11) is 1.36. The number of terminal acetylenes is 1. The smallest absolute Gasteiger partial charge is 0.310 e. The van der Waals surface area contributed by atoms with Crippen molar-refractivity contribution in [2.24, 2.45) is 11.3 Å². The number of rotatable bonds is 3. The van der Waals surface area contributed by atoms with Gasteiger partial charge in [-0.05, 0) is 30.7 Å². The van der Waals surface area contributed by atoms with Gasteiger partial charge in [0.05, 0.1) is 12.0 Å². The minimum absolute atomic E-state index is 0.101. The van der Waals surface area contributed by atoms with E-state index < -0.39 is 4.92 Å². The monoisotopic (exact) mass is 314 g/mol. The van der Waals surface area contributed by atoms with Gasteiger partial charge >= 0.3 is 5.69 Å². The summed E-state index contributed by atoms with van der Waals surface area (Å²) in [5, 5.41) is 10.9. The number of benzene rings is 1. The molecule has 6 heteroatoms. The highest BCUT2D eigenvalue weighted by atomic mass is 16.6. The van der Waals surface area contributed by atoms with Gasteiger partial charge in [-0.25, -0.2) is 0 Å². The van der Waals surface area contributed by atoms with Crippen LogP contribution in [0.3, 0.4) is 0 Å². The summed E-state index contributed by atoms with van der Waals surface area (Å²) >= 11 is 0. The van der Waals surface area contributed by atoms with Gasteiger partial charge in [0.25, 0.3) is 5.91 Å². The molecule has 1 heterocycles. The summed E-state index contributed by atoms with van der Waals surface area (Å²) in [6.45, 7) is 1.35. The van der Waals surface area contributed by atoms with E-state index in [0.717, 1.165) is 19.3 Å². The molecular weight excluding hydrogens is 296 g/mol. The van der Waals surface area contributed by atoms with Gasteiger partial charge in [0.15, 0.2) is 5.75 Å². The zero-order valence-corrected chi connectivity index (χ0v) is 12.9. The maximum Gasteiger partial charge on any atom is 0.310 e. The van der Waals surface area contributed by atoms with E-state index in [2.05, 4.69) is 5.92 Å². The second-order valence-electron chi connectivity index (χ2n) is 6.22. The van der Waals surface area contributed by atoms with Crippen LogP contribution in [0.2, 0.25) is 0 Å².